The summed E-state index contributed by atoms with van der Waals surface area (Å²) in [5, 5.41) is 6.68. The molecule has 10 heavy (non-hydrogen) atoms. The van der Waals surface area contributed by atoms with E-state index in [1.54, 1.807) is 0 Å². The van der Waals surface area contributed by atoms with Gasteiger partial charge in [0.2, 0.25) is 0 Å². The van der Waals surface area contributed by atoms with Gasteiger partial charge in [-0.3, -0.25) is 0 Å². The third kappa shape index (κ3) is 0.981. The highest BCUT2D eigenvalue weighted by Gasteiger charge is 2.19. The average molecular weight is 138 g/mol. The summed E-state index contributed by atoms with van der Waals surface area (Å²) in [5.74, 6) is 0.843. The predicted molar refractivity (Wildman–Crippen MR) is 41.4 cm³/mol. The Hall–Kier alpha value is -0.660. The van der Waals surface area contributed by atoms with E-state index in [4.69, 9.17) is 0 Å². The molecule has 2 nitrogen and oxygen atoms in total. The van der Waals surface area contributed by atoms with Crippen LogP contribution >= 0.6 is 0 Å². The van der Waals surface area contributed by atoms with E-state index in [1.807, 2.05) is 0 Å². The zero-order valence-electron chi connectivity index (χ0n) is 6.19. The Morgan fingerprint density at radius 1 is 1.30 bits per heavy atom. The summed E-state index contributed by atoms with van der Waals surface area (Å²) in [6.45, 7) is 2.33. The first-order chi connectivity index (χ1) is 4.97. The van der Waals surface area contributed by atoms with Crippen LogP contribution in [0.15, 0.2) is 11.9 Å². The van der Waals surface area contributed by atoms with Gasteiger partial charge in [0.15, 0.2) is 0 Å². The molecule has 2 aliphatic heterocycles. The van der Waals surface area contributed by atoms with Gasteiger partial charge in [-0.25, -0.2) is 0 Å². The van der Waals surface area contributed by atoms with Crippen molar-refractivity contribution >= 4 is 0 Å². The summed E-state index contributed by atoms with van der Waals surface area (Å²) in [6.07, 6.45) is 6.20. The smallest absolute Gasteiger partial charge is 0.0298 e. The van der Waals surface area contributed by atoms with Crippen molar-refractivity contribution < 1.29 is 0 Å². The van der Waals surface area contributed by atoms with Gasteiger partial charge in [-0.15, -0.1) is 0 Å². The lowest BCUT2D eigenvalue weighted by molar-refractivity contribution is 0.396. The molecule has 56 valence electrons. The molecule has 0 aromatic carbocycles. The SMILES string of the molecule is C1=C2NCCC[C@@H]2CCN1. The zero-order valence-corrected chi connectivity index (χ0v) is 6.19. The van der Waals surface area contributed by atoms with Crippen molar-refractivity contribution in [3.63, 3.8) is 0 Å². The van der Waals surface area contributed by atoms with Gasteiger partial charge in [-0.05, 0) is 19.3 Å². The standard InChI is InChI=1S/C8H14N2/c1-2-7-3-5-9-6-8(7)10-4-1/h6-7,9-10H,1-5H2/t7-/m1/s1. The number of fused-ring (bicyclic) bond motifs is 1. The van der Waals surface area contributed by atoms with Crippen LogP contribution in [0.3, 0.4) is 0 Å². The van der Waals surface area contributed by atoms with E-state index >= 15 is 0 Å². The molecule has 2 rings (SSSR count). The Labute approximate surface area is 61.7 Å². The number of piperidine rings is 1. The fraction of sp³-hybridized carbons (Fsp3) is 0.750. The van der Waals surface area contributed by atoms with E-state index in [9.17, 15) is 0 Å². The molecule has 0 aliphatic carbocycles. The summed E-state index contributed by atoms with van der Waals surface area (Å²) in [5.41, 5.74) is 1.44. The molecule has 0 radical (unpaired) electrons. The van der Waals surface area contributed by atoms with Crippen LogP contribution in [0.25, 0.3) is 0 Å². The molecule has 2 N–H and O–H groups in total. The molecule has 0 spiro atoms. The molecule has 0 saturated carbocycles. The van der Waals surface area contributed by atoms with Crippen LogP contribution in [-0.4, -0.2) is 13.1 Å². The van der Waals surface area contributed by atoms with Crippen molar-refractivity contribution in [2.75, 3.05) is 13.1 Å². The molecule has 0 aromatic heterocycles. The van der Waals surface area contributed by atoms with Crippen LogP contribution in [0, 0.1) is 5.92 Å². The van der Waals surface area contributed by atoms with Gasteiger partial charge in [-0.2, -0.15) is 0 Å². The summed E-state index contributed by atoms with van der Waals surface area (Å²) in [4.78, 5) is 0. The number of nitrogens with one attached hydrogen (secondary N) is 2. The van der Waals surface area contributed by atoms with Gasteiger partial charge in [0, 0.05) is 30.9 Å². The number of allylic oxidation sites excluding steroid dienone is 1. The Bertz CT molecular complexity index is 151. The lowest BCUT2D eigenvalue weighted by atomic mass is 9.91. The van der Waals surface area contributed by atoms with Gasteiger partial charge in [-0.1, -0.05) is 0 Å². The maximum atomic E-state index is 3.42. The molecule has 1 fully saturated rings. The van der Waals surface area contributed by atoms with Gasteiger partial charge in [0.05, 0.1) is 0 Å². The van der Waals surface area contributed by atoms with Crippen molar-refractivity contribution in [2.45, 2.75) is 19.3 Å². The van der Waals surface area contributed by atoms with Crippen molar-refractivity contribution in [2.24, 2.45) is 5.92 Å². The fourth-order valence-corrected chi connectivity index (χ4v) is 1.79. The first-order valence-electron chi connectivity index (χ1n) is 4.14. The topological polar surface area (TPSA) is 24.1 Å². The monoisotopic (exact) mass is 138 g/mol. The van der Waals surface area contributed by atoms with E-state index in [-0.39, 0.29) is 0 Å². The van der Waals surface area contributed by atoms with Crippen LogP contribution in [0.4, 0.5) is 0 Å². The fourth-order valence-electron chi connectivity index (χ4n) is 1.79. The second kappa shape index (κ2) is 2.52. The highest BCUT2D eigenvalue weighted by atomic mass is 15.0. The van der Waals surface area contributed by atoms with Gasteiger partial charge in [0.25, 0.3) is 0 Å². The molecule has 0 unspecified atom stereocenters. The maximum Gasteiger partial charge on any atom is 0.0298 e. The lowest BCUT2D eigenvalue weighted by Crippen LogP contribution is -2.34. The minimum absolute atomic E-state index is 0.843. The van der Waals surface area contributed by atoms with Crippen LogP contribution in [0.5, 0.6) is 0 Å². The number of hydrogen-bond acceptors (Lipinski definition) is 2. The minimum atomic E-state index is 0.843. The number of hydrogen-bond donors (Lipinski definition) is 2. The molecule has 1 atom stereocenters. The summed E-state index contributed by atoms with van der Waals surface area (Å²) in [7, 11) is 0. The second-order valence-electron chi connectivity index (χ2n) is 3.11. The highest BCUT2D eigenvalue weighted by Crippen LogP contribution is 2.23. The molecule has 0 amide bonds. The van der Waals surface area contributed by atoms with Gasteiger partial charge >= 0.3 is 0 Å². The van der Waals surface area contributed by atoms with Crippen molar-refractivity contribution in [3.05, 3.63) is 11.9 Å². The van der Waals surface area contributed by atoms with E-state index in [2.05, 4.69) is 16.8 Å². The third-order valence-electron chi connectivity index (χ3n) is 2.39. The van der Waals surface area contributed by atoms with Crippen LogP contribution < -0.4 is 10.6 Å². The van der Waals surface area contributed by atoms with Crippen molar-refractivity contribution in [1.82, 2.24) is 10.6 Å². The normalized spacial score (nSPS) is 31.2. The molecule has 0 aromatic rings. The Kier molecular flexibility index (Phi) is 1.53. The summed E-state index contributed by atoms with van der Waals surface area (Å²) >= 11 is 0. The molecule has 2 heterocycles. The zero-order chi connectivity index (χ0) is 6.81. The van der Waals surface area contributed by atoms with E-state index in [1.165, 1.54) is 31.5 Å². The quantitative estimate of drug-likeness (QED) is 0.518. The Balaban J connectivity index is 2.08. The van der Waals surface area contributed by atoms with Crippen molar-refractivity contribution in [3.8, 4) is 0 Å². The maximum absolute atomic E-state index is 3.42. The molecule has 2 heteroatoms. The molecule has 0 bridgehead atoms. The molecular formula is C8H14N2. The predicted octanol–water partition coefficient (Wildman–Crippen LogP) is 0.821. The Morgan fingerprint density at radius 2 is 2.30 bits per heavy atom. The van der Waals surface area contributed by atoms with Gasteiger partial charge < -0.3 is 10.6 Å². The summed E-state index contributed by atoms with van der Waals surface area (Å²) < 4.78 is 0. The van der Waals surface area contributed by atoms with E-state index in [0.29, 0.717) is 0 Å². The van der Waals surface area contributed by atoms with Gasteiger partial charge in [0.1, 0.15) is 0 Å². The van der Waals surface area contributed by atoms with Crippen LogP contribution in [0.2, 0.25) is 0 Å². The molecule has 2 aliphatic rings. The minimum Gasteiger partial charge on any atom is -0.389 e. The second-order valence-corrected chi connectivity index (χ2v) is 3.11. The molecular weight excluding hydrogens is 124 g/mol. The van der Waals surface area contributed by atoms with Crippen LogP contribution in [0.1, 0.15) is 19.3 Å². The molecule has 1 saturated heterocycles. The van der Waals surface area contributed by atoms with E-state index < -0.39 is 0 Å². The Morgan fingerprint density at radius 3 is 3.20 bits per heavy atom. The van der Waals surface area contributed by atoms with E-state index in [0.717, 1.165) is 12.5 Å². The first kappa shape index (κ1) is 6.08. The average Bonchev–Trinajstić information content (AvgIpc) is 2.05. The highest BCUT2D eigenvalue weighted by molar-refractivity contribution is 5.08. The van der Waals surface area contributed by atoms with Crippen molar-refractivity contribution in [1.29, 1.82) is 0 Å². The number of rotatable bonds is 0. The largest absolute Gasteiger partial charge is 0.389 e. The lowest BCUT2D eigenvalue weighted by Gasteiger charge is -2.30. The third-order valence-corrected chi connectivity index (χ3v) is 2.39. The van der Waals surface area contributed by atoms with Crippen LogP contribution in [-0.2, 0) is 0 Å². The first-order valence-corrected chi connectivity index (χ1v) is 4.14. The summed E-state index contributed by atoms with van der Waals surface area (Å²) in [6, 6.07) is 0.